The maximum Gasteiger partial charge on any atom is 0.338 e. The first-order chi connectivity index (χ1) is 17.9. The van der Waals surface area contributed by atoms with Crippen LogP contribution in [-0.2, 0) is 40.0 Å². The summed E-state index contributed by atoms with van der Waals surface area (Å²) >= 11 is 1.26. The molecule has 0 aliphatic heterocycles. The Bertz CT molecular complexity index is 1510. The number of rotatable bonds is 10. The molecule has 37 heavy (non-hydrogen) atoms. The van der Waals surface area contributed by atoms with Crippen molar-refractivity contribution in [3.63, 3.8) is 0 Å². The van der Waals surface area contributed by atoms with Crippen molar-refractivity contribution in [1.82, 2.24) is 15.3 Å². The van der Waals surface area contributed by atoms with E-state index in [1.54, 1.807) is 61.0 Å². The van der Waals surface area contributed by atoms with Crippen molar-refractivity contribution >= 4 is 44.2 Å². The highest BCUT2D eigenvalue weighted by Gasteiger charge is 2.16. The summed E-state index contributed by atoms with van der Waals surface area (Å²) in [5, 5.41) is 4.90. The van der Waals surface area contributed by atoms with E-state index in [4.69, 9.17) is 9.47 Å². The summed E-state index contributed by atoms with van der Waals surface area (Å²) < 4.78 is 22.4. The fraction of sp³-hybridized carbons (Fsp3) is 0.231. The number of nitrogens with one attached hydrogen (secondary N) is 2. The minimum Gasteiger partial charge on any atom is -0.462 e. The molecular formula is C26H25N3O6S2. The van der Waals surface area contributed by atoms with Gasteiger partial charge in [0.2, 0.25) is 5.82 Å². The smallest absolute Gasteiger partial charge is 0.338 e. The zero-order valence-corrected chi connectivity index (χ0v) is 21.9. The van der Waals surface area contributed by atoms with Crippen molar-refractivity contribution < 1.29 is 23.3 Å². The van der Waals surface area contributed by atoms with Crippen molar-refractivity contribution in [2.75, 3.05) is 12.9 Å². The Morgan fingerprint density at radius 1 is 1.11 bits per heavy atom. The number of hydrogen-bond donors (Lipinski definition) is 2. The van der Waals surface area contributed by atoms with Crippen LogP contribution in [0.1, 0.15) is 44.6 Å². The van der Waals surface area contributed by atoms with Gasteiger partial charge in [0.05, 0.1) is 30.8 Å². The van der Waals surface area contributed by atoms with Gasteiger partial charge in [-0.1, -0.05) is 24.3 Å². The van der Waals surface area contributed by atoms with Crippen molar-refractivity contribution in [3.8, 4) is 0 Å². The van der Waals surface area contributed by atoms with Gasteiger partial charge in [-0.05, 0) is 47.7 Å². The van der Waals surface area contributed by atoms with Crippen LogP contribution in [0.4, 0.5) is 0 Å². The van der Waals surface area contributed by atoms with Gasteiger partial charge < -0.3 is 19.8 Å². The lowest BCUT2D eigenvalue weighted by Crippen LogP contribution is -2.27. The molecule has 0 fully saturated rings. The number of carbonyl (C=O) groups is 2. The summed E-state index contributed by atoms with van der Waals surface area (Å²) in [7, 11) is -1.12. The van der Waals surface area contributed by atoms with Gasteiger partial charge in [0, 0.05) is 34.1 Å². The number of fused-ring (bicyclic) bond motifs is 1. The molecule has 2 heterocycles. The summed E-state index contributed by atoms with van der Waals surface area (Å²) in [6.07, 6.45) is 1.59. The number of carbonyl (C=O) groups excluding carboxylic acids is 2. The lowest BCUT2D eigenvalue weighted by atomic mass is 10.1. The van der Waals surface area contributed by atoms with Gasteiger partial charge in [-0.3, -0.25) is 13.8 Å². The zero-order valence-electron chi connectivity index (χ0n) is 20.2. The molecule has 1 atom stereocenters. The monoisotopic (exact) mass is 539 g/mol. The molecule has 0 aliphatic carbocycles. The summed E-state index contributed by atoms with van der Waals surface area (Å²) in [6, 6.07) is 14.0. The average Bonchev–Trinajstić information content (AvgIpc) is 3.31. The van der Waals surface area contributed by atoms with Crippen LogP contribution in [0.25, 0.3) is 10.2 Å². The quantitative estimate of drug-likeness (QED) is 0.295. The van der Waals surface area contributed by atoms with Crippen LogP contribution < -0.4 is 10.9 Å². The van der Waals surface area contributed by atoms with Gasteiger partial charge >= 0.3 is 5.97 Å². The van der Waals surface area contributed by atoms with E-state index < -0.39 is 22.3 Å². The number of hydrogen-bond acceptors (Lipinski definition) is 8. The van der Waals surface area contributed by atoms with Gasteiger partial charge in [-0.15, -0.1) is 11.3 Å². The van der Waals surface area contributed by atoms with Crippen molar-refractivity contribution in [2.45, 2.75) is 31.6 Å². The topological polar surface area (TPSA) is 127 Å². The number of thiophene rings is 1. The Hall–Kier alpha value is -3.67. The van der Waals surface area contributed by atoms with E-state index in [9.17, 15) is 18.6 Å². The molecule has 1 unspecified atom stereocenters. The second-order valence-corrected chi connectivity index (χ2v) is 10.3. The molecule has 1 amide bonds. The Morgan fingerprint density at radius 3 is 2.62 bits per heavy atom. The highest BCUT2D eigenvalue weighted by molar-refractivity contribution is 7.84. The molecule has 9 nitrogen and oxygen atoms in total. The van der Waals surface area contributed by atoms with Crippen LogP contribution in [0.3, 0.4) is 0 Å². The second-order valence-electron chi connectivity index (χ2n) is 8.05. The molecule has 0 spiro atoms. The number of ether oxygens (including phenoxy) is 2. The highest BCUT2D eigenvalue weighted by atomic mass is 32.2. The summed E-state index contributed by atoms with van der Waals surface area (Å²) in [5.41, 5.74) is 2.38. The van der Waals surface area contributed by atoms with Crippen LogP contribution in [0.15, 0.2) is 63.6 Å². The molecule has 2 aromatic heterocycles. The fourth-order valence-corrected chi connectivity index (χ4v) is 5.06. The first kappa shape index (κ1) is 26.4. The summed E-state index contributed by atoms with van der Waals surface area (Å²) in [5.74, 6) is -0.967. The summed E-state index contributed by atoms with van der Waals surface area (Å²) in [6.45, 7) is 2.75. The van der Waals surface area contributed by atoms with Crippen molar-refractivity contribution in [3.05, 3.63) is 92.3 Å². The fourth-order valence-electron chi connectivity index (χ4n) is 3.55. The number of aromatic nitrogens is 2. The second kappa shape index (κ2) is 12.0. The number of amides is 1. The zero-order chi connectivity index (χ0) is 26.4. The maximum absolute atomic E-state index is 12.8. The molecule has 4 aromatic rings. The van der Waals surface area contributed by atoms with Gasteiger partial charge in [-0.25, -0.2) is 9.78 Å². The van der Waals surface area contributed by atoms with Crippen LogP contribution in [-0.4, -0.2) is 38.9 Å². The predicted molar refractivity (Wildman–Crippen MR) is 141 cm³/mol. The van der Waals surface area contributed by atoms with Gasteiger partial charge in [0.1, 0.15) is 4.83 Å². The van der Waals surface area contributed by atoms with E-state index in [0.29, 0.717) is 39.5 Å². The molecule has 11 heteroatoms. The van der Waals surface area contributed by atoms with Gasteiger partial charge in [0.25, 0.3) is 11.5 Å². The molecule has 0 saturated heterocycles. The number of aromatic amines is 1. The maximum atomic E-state index is 12.8. The number of nitrogens with zero attached hydrogens (tertiary/aromatic N) is 1. The standard InChI is InChI=1S/C26H25N3O6S2/c1-3-35-26(32)18-9-7-16(8-10-18)13-34-14-19-15-36-25-21(19)23(30)28-22(29-25)24(31)27-12-17-5-4-6-20(11-17)37(2)33/h4-11,15H,3,12-14H2,1-2H3,(H,27,31)(H,28,29,30). The first-order valence-corrected chi connectivity index (χ1v) is 13.8. The predicted octanol–water partition coefficient (Wildman–Crippen LogP) is 3.55. The third-order valence-corrected chi connectivity index (χ3v) is 7.25. The normalized spacial score (nSPS) is 11.8. The molecule has 0 aliphatic rings. The van der Waals surface area contributed by atoms with E-state index >= 15 is 0 Å². The molecule has 0 bridgehead atoms. The molecule has 2 N–H and O–H groups in total. The molecular weight excluding hydrogens is 514 g/mol. The van der Waals surface area contributed by atoms with E-state index in [1.807, 2.05) is 6.07 Å². The molecule has 4 rings (SSSR count). The highest BCUT2D eigenvalue weighted by Crippen LogP contribution is 2.22. The van der Waals surface area contributed by atoms with E-state index in [2.05, 4.69) is 15.3 Å². The molecule has 0 saturated carbocycles. The van der Waals surface area contributed by atoms with Crippen LogP contribution >= 0.6 is 11.3 Å². The number of benzene rings is 2. The van der Waals surface area contributed by atoms with E-state index in [0.717, 1.165) is 11.1 Å². The minimum atomic E-state index is -1.12. The Morgan fingerprint density at radius 2 is 1.89 bits per heavy atom. The number of esters is 1. The third kappa shape index (κ3) is 6.56. The van der Waals surface area contributed by atoms with Crippen molar-refractivity contribution in [1.29, 1.82) is 0 Å². The van der Waals surface area contributed by atoms with Gasteiger partial charge in [0.15, 0.2) is 0 Å². The third-order valence-electron chi connectivity index (χ3n) is 5.41. The Labute approximate surface area is 219 Å². The molecule has 192 valence electrons. The molecule has 2 aromatic carbocycles. The average molecular weight is 540 g/mol. The lowest BCUT2D eigenvalue weighted by Gasteiger charge is -2.07. The SMILES string of the molecule is CCOC(=O)c1ccc(COCc2csc3nc(C(=O)NCc4cccc(S(C)=O)c4)[nH]c(=O)c23)cc1. The largest absolute Gasteiger partial charge is 0.462 e. The van der Waals surface area contributed by atoms with Gasteiger partial charge in [-0.2, -0.15) is 0 Å². The molecule has 0 radical (unpaired) electrons. The Balaban J connectivity index is 1.38. The minimum absolute atomic E-state index is 0.0799. The van der Waals surface area contributed by atoms with E-state index in [1.165, 1.54) is 11.3 Å². The lowest BCUT2D eigenvalue weighted by molar-refractivity contribution is 0.0526. The summed E-state index contributed by atoms with van der Waals surface area (Å²) in [4.78, 5) is 45.1. The first-order valence-electron chi connectivity index (χ1n) is 11.4. The Kier molecular flexibility index (Phi) is 8.59. The van der Waals surface area contributed by atoms with Crippen molar-refractivity contribution in [2.24, 2.45) is 0 Å². The van der Waals surface area contributed by atoms with Crippen LogP contribution in [0.5, 0.6) is 0 Å². The van der Waals surface area contributed by atoms with Crippen LogP contribution in [0.2, 0.25) is 0 Å². The van der Waals surface area contributed by atoms with Crippen LogP contribution in [0, 0.1) is 0 Å². The number of H-pyrrole nitrogens is 1. The van der Waals surface area contributed by atoms with E-state index in [-0.39, 0.29) is 24.9 Å².